The zero-order valence-electron chi connectivity index (χ0n) is 11.0. The minimum atomic E-state index is -4.83. The number of halogens is 4. The standard InChI is InChI=1S/C13H7ClF3NO4S/c14-9-2-4-10(5-3-9)23(21,22)12-7-8(13(15,16)17)1-6-11(12)18(19)20/h1-7H. The lowest BCUT2D eigenvalue weighted by Crippen LogP contribution is -2.10. The summed E-state index contributed by atoms with van der Waals surface area (Å²) in [5, 5.41) is 11.2. The highest BCUT2D eigenvalue weighted by atomic mass is 35.5. The maximum Gasteiger partial charge on any atom is 0.416 e. The van der Waals surface area contributed by atoms with Crippen molar-refractivity contribution in [3.63, 3.8) is 0 Å². The first-order valence-electron chi connectivity index (χ1n) is 5.90. The number of hydrogen-bond donors (Lipinski definition) is 0. The maximum absolute atomic E-state index is 12.8. The van der Waals surface area contributed by atoms with Crippen molar-refractivity contribution in [1.29, 1.82) is 0 Å². The second kappa shape index (κ2) is 5.82. The van der Waals surface area contributed by atoms with E-state index in [9.17, 15) is 31.7 Å². The largest absolute Gasteiger partial charge is 0.416 e. The minimum Gasteiger partial charge on any atom is -0.258 e. The van der Waals surface area contributed by atoms with Gasteiger partial charge in [0.1, 0.15) is 4.90 Å². The fraction of sp³-hybridized carbons (Fsp3) is 0.0769. The van der Waals surface area contributed by atoms with Gasteiger partial charge in [-0.25, -0.2) is 8.42 Å². The molecule has 0 aliphatic heterocycles. The molecular formula is C13H7ClF3NO4S. The Morgan fingerprint density at radius 1 is 1.04 bits per heavy atom. The third-order valence-electron chi connectivity index (χ3n) is 2.90. The molecule has 0 aromatic heterocycles. The van der Waals surface area contributed by atoms with Gasteiger partial charge in [-0.15, -0.1) is 0 Å². The van der Waals surface area contributed by atoms with E-state index in [0.717, 1.165) is 12.1 Å². The summed E-state index contributed by atoms with van der Waals surface area (Å²) in [6.07, 6.45) is -4.83. The van der Waals surface area contributed by atoms with Crippen molar-refractivity contribution in [2.24, 2.45) is 0 Å². The molecule has 2 aromatic carbocycles. The molecular weight excluding hydrogens is 359 g/mol. The molecule has 0 unspecified atom stereocenters. The number of nitro groups is 1. The number of nitrogens with zero attached hydrogens (tertiary/aromatic N) is 1. The smallest absolute Gasteiger partial charge is 0.258 e. The molecule has 2 aromatic rings. The Hall–Kier alpha value is -2.13. The molecule has 0 heterocycles. The molecule has 0 radical (unpaired) electrons. The lowest BCUT2D eigenvalue weighted by molar-refractivity contribution is -0.387. The van der Waals surface area contributed by atoms with Gasteiger partial charge in [-0.3, -0.25) is 10.1 Å². The molecule has 10 heteroatoms. The van der Waals surface area contributed by atoms with Gasteiger partial charge in [0, 0.05) is 11.1 Å². The summed E-state index contributed by atoms with van der Waals surface area (Å²) < 4.78 is 63.2. The van der Waals surface area contributed by atoms with Crippen LogP contribution in [0.25, 0.3) is 0 Å². The Morgan fingerprint density at radius 2 is 1.61 bits per heavy atom. The van der Waals surface area contributed by atoms with Crippen molar-refractivity contribution < 1.29 is 26.5 Å². The van der Waals surface area contributed by atoms with Crippen LogP contribution in [0.5, 0.6) is 0 Å². The van der Waals surface area contributed by atoms with Crippen molar-refractivity contribution in [3.8, 4) is 0 Å². The van der Waals surface area contributed by atoms with Gasteiger partial charge in [0.15, 0.2) is 0 Å². The van der Waals surface area contributed by atoms with E-state index in [1.54, 1.807) is 0 Å². The molecule has 2 rings (SSSR count). The molecule has 0 atom stereocenters. The van der Waals surface area contributed by atoms with E-state index in [-0.39, 0.29) is 11.1 Å². The molecule has 122 valence electrons. The van der Waals surface area contributed by atoms with Crippen LogP contribution in [0.3, 0.4) is 0 Å². The fourth-order valence-electron chi connectivity index (χ4n) is 1.80. The molecule has 0 aliphatic carbocycles. The van der Waals surface area contributed by atoms with Crippen LogP contribution in [-0.4, -0.2) is 13.3 Å². The first kappa shape index (κ1) is 17.2. The molecule has 0 amide bonds. The van der Waals surface area contributed by atoms with E-state index in [1.807, 2.05) is 0 Å². The summed E-state index contributed by atoms with van der Waals surface area (Å²) >= 11 is 5.62. The lowest BCUT2D eigenvalue weighted by Gasteiger charge is -2.10. The highest BCUT2D eigenvalue weighted by Gasteiger charge is 2.35. The van der Waals surface area contributed by atoms with E-state index < -0.39 is 42.0 Å². The van der Waals surface area contributed by atoms with Gasteiger partial charge in [-0.1, -0.05) is 11.6 Å². The highest BCUT2D eigenvalue weighted by molar-refractivity contribution is 7.91. The summed E-state index contributed by atoms with van der Waals surface area (Å²) in [7, 11) is -4.51. The van der Waals surface area contributed by atoms with Gasteiger partial charge in [-0.2, -0.15) is 13.2 Å². The van der Waals surface area contributed by atoms with Crippen LogP contribution in [0.1, 0.15) is 5.56 Å². The molecule has 0 N–H and O–H groups in total. The number of hydrogen-bond acceptors (Lipinski definition) is 4. The highest BCUT2D eigenvalue weighted by Crippen LogP contribution is 2.36. The Balaban J connectivity index is 2.73. The van der Waals surface area contributed by atoms with Crippen LogP contribution < -0.4 is 0 Å². The molecule has 0 spiro atoms. The number of sulfone groups is 1. The van der Waals surface area contributed by atoms with Crippen LogP contribution in [0, 0.1) is 10.1 Å². The van der Waals surface area contributed by atoms with E-state index in [1.165, 1.54) is 12.1 Å². The van der Waals surface area contributed by atoms with Gasteiger partial charge in [0.25, 0.3) is 5.69 Å². The van der Waals surface area contributed by atoms with E-state index in [0.29, 0.717) is 12.1 Å². The molecule has 0 fully saturated rings. The number of alkyl halides is 3. The van der Waals surface area contributed by atoms with Crippen molar-refractivity contribution in [2.45, 2.75) is 16.0 Å². The molecule has 23 heavy (non-hydrogen) atoms. The van der Waals surface area contributed by atoms with Crippen LogP contribution in [0.4, 0.5) is 18.9 Å². The molecule has 0 bridgehead atoms. The lowest BCUT2D eigenvalue weighted by atomic mass is 10.2. The number of nitro benzene ring substituents is 1. The average Bonchev–Trinajstić information content (AvgIpc) is 2.46. The zero-order chi connectivity index (χ0) is 17.4. The Labute approximate surface area is 133 Å². The van der Waals surface area contributed by atoms with Gasteiger partial charge >= 0.3 is 6.18 Å². The molecule has 0 aliphatic rings. The van der Waals surface area contributed by atoms with Crippen LogP contribution >= 0.6 is 11.6 Å². The second-order valence-electron chi connectivity index (χ2n) is 4.39. The summed E-state index contributed by atoms with van der Waals surface area (Å²) in [5.41, 5.74) is -2.23. The Morgan fingerprint density at radius 3 is 2.09 bits per heavy atom. The van der Waals surface area contributed by atoms with Gasteiger partial charge < -0.3 is 0 Å². The van der Waals surface area contributed by atoms with E-state index in [2.05, 4.69) is 0 Å². The van der Waals surface area contributed by atoms with E-state index in [4.69, 9.17) is 11.6 Å². The van der Waals surface area contributed by atoms with Crippen molar-refractivity contribution in [2.75, 3.05) is 0 Å². The normalized spacial score (nSPS) is 12.2. The number of rotatable bonds is 3. The van der Waals surface area contributed by atoms with E-state index >= 15 is 0 Å². The second-order valence-corrected chi connectivity index (χ2v) is 6.75. The van der Waals surface area contributed by atoms with Crippen LogP contribution in [0.15, 0.2) is 52.3 Å². The third-order valence-corrected chi connectivity index (χ3v) is 4.95. The summed E-state index contributed by atoms with van der Waals surface area (Å²) in [5.74, 6) is 0. The minimum absolute atomic E-state index is 0.211. The monoisotopic (exact) mass is 365 g/mol. The van der Waals surface area contributed by atoms with Crippen molar-refractivity contribution in [1.82, 2.24) is 0 Å². The predicted octanol–water partition coefficient (Wildman–Crippen LogP) is 4.10. The topological polar surface area (TPSA) is 77.3 Å². The predicted molar refractivity (Wildman–Crippen MR) is 75.0 cm³/mol. The summed E-state index contributed by atoms with van der Waals surface area (Å²) in [4.78, 5) is 8.47. The van der Waals surface area contributed by atoms with Crippen molar-refractivity contribution in [3.05, 3.63) is 63.2 Å². The van der Waals surface area contributed by atoms with Crippen LogP contribution in [0.2, 0.25) is 5.02 Å². The van der Waals surface area contributed by atoms with Gasteiger partial charge in [0.2, 0.25) is 9.84 Å². The first-order valence-corrected chi connectivity index (χ1v) is 7.76. The van der Waals surface area contributed by atoms with Crippen molar-refractivity contribution >= 4 is 27.1 Å². The van der Waals surface area contributed by atoms with Gasteiger partial charge in [-0.05, 0) is 36.4 Å². The van der Waals surface area contributed by atoms with Gasteiger partial charge in [0.05, 0.1) is 15.4 Å². The fourth-order valence-corrected chi connectivity index (χ4v) is 3.37. The average molecular weight is 366 g/mol. The molecule has 0 saturated heterocycles. The Kier molecular flexibility index (Phi) is 4.36. The third kappa shape index (κ3) is 3.45. The molecule has 5 nitrogen and oxygen atoms in total. The summed E-state index contributed by atoms with van der Waals surface area (Å²) in [6.45, 7) is 0. The Bertz CT molecular complexity index is 864. The quantitative estimate of drug-likeness (QED) is 0.606. The SMILES string of the molecule is O=[N+]([O-])c1ccc(C(F)(F)F)cc1S(=O)(=O)c1ccc(Cl)cc1. The molecule has 0 saturated carbocycles. The summed E-state index contributed by atoms with van der Waals surface area (Å²) in [6, 6.07) is 5.78. The van der Waals surface area contributed by atoms with Crippen LogP contribution in [-0.2, 0) is 16.0 Å². The first-order chi connectivity index (χ1) is 10.5. The number of benzene rings is 2. The maximum atomic E-state index is 12.8. The zero-order valence-corrected chi connectivity index (χ0v) is 12.6.